The fraction of sp³-hybridized carbons (Fsp3) is 0.515. The number of aliphatic hydroxyl groups excluding tert-OH is 1. The van der Waals surface area contributed by atoms with Gasteiger partial charge in [-0.3, -0.25) is 9.88 Å². The molecular weight excluding hydrogens is 542 g/mol. The van der Waals surface area contributed by atoms with E-state index in [2.05, 4.69) is 57.8 Å². The van der Waals surface area contributed by atoms with E-state index in [9.17, 15) is 9.90 Å². The number of amides is 1. The first-order valence-electron chi connectivity index (χ1n) is 15.4. The third-order valence-corrected chi connectivity index (χ3v) is 7.93. The number of aryl methyl sites for hydroxylation is 1. The standard InChI is InChI=1S/C33H45N7O3/c1-23-5-7-24(8-6-23)19-35-31-36-21-28(30(38-31)37-26-10-12-27(41)13-11-26)29-14-9-25(20-34-29)22-39-15-17-40(18-16-39)32(42)43-33(2,3)4/h5-9,14,20-21,26-27,41H,10-13,15-19,22H2,1-4H3,(H2,35,36,37,38). The van der Waals surface area contributed by atoms with Gasteiger partial charge in [0, 0.05) is 57.7 Å². The van der Waals surface area contributed by atoms with Crippen LogP contribution in [0.3, 0.4) is 0 Å². The Balaban J connectivity index is 1.24. The van der Waals surface area contributed by atoms with Gasteiger partial charge in [0.2, 0.25) is 5.95 Å². The summed E-state index contributed by atoms with van der Waals surface area (Å²) in [7, 11) is 0. The monoisotopic (exact) mass is 587 g/mol. The molecular formula is C33H45N7O3. The van der Waals surface area contributed by atoms with E-state index in [1.54, 1.807) is 4.90 Å². The van der Waals surface area contributed by atoms with Crippen LogP contribution >= 0.6 is 0 Å². The lowest BCUT2D eigenvalue weighted by molar-refractivity contribution is 0.0139. The van der Waals surface area contributed by atoms with E-state index in [1.807, 2.05) is 39.2 Å². The predicted octanol–water partition coefficient (Wildman–Crippen LogP) is 5.23. The molecule has 2 fully saturated rings. The van der Waals surface area contributed by atoms with E-state index in [4.69, 9.17) is 14.7 Å². The van der Waals surface area contributed by atoms with Gasteiger partial charge in [-0.15, -0.1) is 0 Å². The third kappa shape index (κ3) is 8.87. The predicted molar refractivity (Wildman–Crippen MR) is 169 cm³/mol. The first-order valence-corrected chi connectivity index (χ1v) is 15.4. The van der Waals surface area contributed by atoms with Crippen molar-refractivity contribution in [1.29, 1.82) is 0 Å². The summed E-state index contributed by atoms with van der Waals surface area (Å²) >= 11 is 0. The van der Waals surface area contributed by atoms with Crippen LogP contribution in [0.1, 0.15) is 63.1 Å². The molecule has 10 heteroatoms. The molecule has 1 saturated heterocycles. The molecule has 0 unspecified atom stereocenters. The number of carbonyl (C=O) groups is 1. The molecule has 5 rings (SSSR count). The quantitative estimate of drug-likeness (QED) is 0.326. The number of nitrogens with zero attached hydrogens (tertiary/aromatic N) is 5. The Hall–Kier alpha value is -3.76. The largest absolute Gasteiger partial charge is 0.444 e. The highest BCUT2D eigenvalue weighted by Gasteiger charge is 2.26. The smallest absolute Gasteiger partial charge is 0.410 e. The minimum Gasteiger partial charge on any atom is -0.444 e. The average molecular weight is 588 g/mol. The summed E-state index contributed by atoms with van der Waals surface area (Å²) in [4.78, 5) is 30.8. The van der Waals surface area contributed by atoms with Gasteiger partial charge in [-0.05, 0) is 70.6 Å². The molecule has 1 aliphatic carbocycles. The minimum atomic E-state index is -0.487. The van der Waals surface area contributed by atoms with Crippen molar-refractivity contribution >= 4 is 17.9 Å². The number of ether oxygens (including phenoxy) is 1. The maximum absolute atomic E-state index is 12.4. The molecule has 10 nitrogen and oxygen atoms in total. The lowest BCUT2D eigenvalue weighted by Crippen LogP contribution is -2.49. The highest BCUT2D eigenvalue weighted by molar-refractivity contribution is 5.73. The number of rotatable bonds is 8. The van der Waals surface area contributed by atoms with Crippen LogP contribution in [0.25, 0.3) is 11.3 Å². The molecule has 0 bridgehead atoms. The van der Waals surface area contributed by atoms with Crippen LogP contribution in [-0.2, 0) is 17.8 Å². The molecule has 3 heterocycles. The summed E-state index contributed by atoms with van der Waals surface area (Å²) < 4.78 is 5.52. The Labute approximate surface area is 254 Å². The summed E-state index contributed by atoms with van der Waals surface area (Å²) in [5, 5.41) is 17.0. The normalized spacial score (nSPS) is 19.6. The molecule has 1 saturated carbocycles. The van der Waals surface area contributed by atoms with Crippen LogP contribution in [0.2, 0.25) is 0 Å². The highest BCUT2D eigenvalue weighted by Crippen LogP contribution is 2.29. The van der Waals surface area contributed by atoms with Crippen LogP contribution < -0.4 is 10.6 Å². The number of aliphatic hydroxyl groups is 1. The van der Waals surface area contributed by atoms with Crippen LogP contribution in [0, 0.1) is 6.92 Å². The topological polar surface area (TPSA) is 116 Å². The Morgan fingerprint density at radius 2 is 1.65 bits per heavy atom. The first kappa shape index (κ1) is 30.7. The number of pyridine rings is 1. The Morgan fingerprint density at radius 3 is 2.30 bits per heavy atom. The van der Waals surface area contributed by atoms with Crippen LogP contribution in [0.15, 0.2) is 48.8 Å². The molecule has 0 atom stereocenters. The molecule has 0 spiro atoms. The van der Waals surface area contributed by atoms with Crippen molar-refractivity contribution in [2.24, 2.45) is 0 Å². The van der Waals surface area contributed by atoms with Crippen LogP contribution in [-0.4, -0.2) is 79.9 Å². The van der Waals surface area contributed by atoms with E-state index in [0.717, 1.165) is 73.5 Å². The van der Waals surface area contributed by atoms with E-state index >= 15 is 0 Å². The van der Waals surface area contributed by atoms with Crippen LogP contribution in [0.4, 0.5) is 16.6 Å². The number of aromatic nitrogens is 3. The molecule has 1 amide bonds. The summed E-state index contributed by atoms with van der Waals surface area (Å²) in [5.41, 5.74) is 4.68. The zero-order chi connectivity index (χ0) is 30.4. The Kier molecular flexibility index (Phi) is 9.77. The lowest BCUT2D eigenvalue weighted by atomic mass is 9.93. The number of nitrogens with one attached hydrogen (secondary N) is 2. The zero-order valence-electron chi connectivity index (χ0n) is 25.8. The van der Waals surface area contributed by atoms with E-state index in [-0.39, 0.29) is 18.2 Å². The molecule has 1 aliphatic heterocycles. The Bertz CT molecular complexity index is 1340. The lowest BCUT2D eigenvalue weighted by Gasteiger charge is -2.35. The van der Waals surface area contributed by atoms with E-state index in [0.29, 0.717) is 25.6 Å². The van der Waals surface area contributed by atoms with Crippen molar-refractivity contribution < 1.29 is 14.6 Å². The molecule has 3 N–H and O–H groups in total. The number of benzene rings is 1. The van der Waals surface area contributed by atoms with Crippen molar-refractivity contribution in [3.63, 3.8) is 0 Å². The fourth-order valence-electron chi connectivity index (χ4n) is 5.42. The van der Waals surface area contributed by atoms with Crippen molar-refractivity contribution in [2.45, 2.75) is 84.2 Å². The zero-order valence-corrected chi connectivity index (χ0v) is 25.8. The molecule has 2 aromatic heterocycles. The minimum absolute atomic E-state index is 0.218. The van der Waals surface area contributed by atoms with Gasteiger partial charge in [-0.25, -0.2) is 9.78 Å². The molecule has 43 heavy (non-hydrogen) atoms. The van der Waals surface area contributed by atoms with Crippen LogP contribution in [0.5, 0.6) is 0 Å². The molecule has 230 valence electrons. The SMILES string of the molecule is Cc1ccc(CNc2ncc(-c3ccc(CN4CCN(C(=O)OC(C)(C)C)CC4)cn3)c(NC3CCC(O)CC3)n2)cc1. The third-order valence-electron chi connectivity index (χ3n) is 7.93. The number of anilines is 2. The second-order valence-electron chi connectivity index (χ2n) is 12.7. The number of hydrogen-bond acceptors (Lipinski definition) is 9. The van der Waals surface area contributed by atoms with Gasteiger partial charge >= 0.3 is 6.09 Å². The van der Waals surface area contributed by atoms with Crippen molar-refractivity contribution in [3.05, 3.63) is 65.5 Å². The molecule has 3 aromatic rings. The molecule has 1 aromatic carbocycles. The van der Waals surface area contributed by atoms with Gasteiger partial charge in [0.25, 0.3) is 0 Å². The van der Waals surface area contributed by atoms with Gasteiger partial charge in [-0.2, -0.15) is 4.98 Å². The first-order chi connectivity index (χ1) is 20.6. The summed E-state index contributed by atoms with van der Waals surface area (Å²) in [6.07, 6.45) is 6.65. The second-order valence-corrected chi connectivity index (χ2v) is 12.7. The number of hydrogen-bond donors (Lipinski definition) is 3. The number of carbonyl (C=O) groups excluding carboxylic acids is 1. The maximum atomic E-state index is 12.4. The summed E-state index contributed by atoms with van der Waals surface area (Å²) in [6.45, 7) is 12.0. The molecule has 0 radical (unpaired) electrons. The van der Waals surface area contributed by atoms with Gasteiger partial charge in [0.1, 0.15) is 11.4 Å². The number of piperazine rings is 1. The maximum Gasteiger partial charge on any atom is 0.410 e. The highest BCUT2D eigenvalue weighted by atomic mass is 16.6. The van der Waals surface area contributed by atoms with Gasteiger partial charge in [-0.1, -0.05) is 35.9 Å². The van der Waals surface area contributed by atoms with Crippen molar-refractivity contribution in [2.75, 3.05) is 36.8 Å². The van der Waals surface area contributed by atoms with Gasteiger partial charge in [0.15, 0.2) is 0 Å². The molecule has 2 aliphatic rings. The average Bonchev–Trinajstić information content (AvgIpc) is 2.98. The Morgan fingerprint density at radius 1 is 0.953 bits per heavy atom. The van der Waals surface area contributed by atoms with Gasteiger partial charge < -0.3 is 25.4 Å². The second kappa shape index (κ2) is 13.7. The van der Waals surface area contributed by atoms with Crippen molar-refractivity contribution in [1.82, 2.24) is 24.8 Å². The van der Waals surface area contributed by atoms with E-state index in [1.165, 1.54) is 5.56 Å². The van der Waals surface area contributed by atoms with E-state index < -0.39 is 5.60 Å². The summed E-state index contributed by atoms with van der Waals surface area (Å²) in [5.74, 6) is 1.31. The summed E-state index contributed by atoms with van der Waals surface area (Å²) in [6, 6.07) is 12.8. The van der Waals surface area contributed by atoms with Gasteiger partial charge in [0.05, 0.1) is 17.4 Å². The fourth-order valence-corrected chi connectivity index (χ4v) is 5.42. The van der Waals surface area contributed by atoms with Crippen molar-refractivity contribution in [3.8, 4) is 11.3 Å².